The first-order valence-corrected chi connectivity index (χ1v) is 5.63. The van der Waals surface area contributed by atoms with E-state index in [0.29, 0.717) is 0 Å². The number of urea groups is 2. The Morgan fingerprint density at radius 3 is 2.00 bits per heavy atom. The van der Waals surface area contributed by atoms with Gasteiger partial charge < -0.3 is 5.11 Å². The molecule has 0 bridgehead atoms. The van der Waals surface area contributed by atoms with Crippen molar-refractivity contribution in [3.8, 4) is 0 Å². The minimum absolute atomic E-state index is 0.206. The molecule has 0 aliphatic carbocycles. The fourth-order valence-electron chi connectivity index (χ4n) is 1.78. The van der Waals surface area contributed by atoms with Crippen LogP contribution in [0.4, 0.5) is 9.59 Å². The number of nitrogens with zero attached hydrogens (tertiary/aromatic N) is 3. The highest BCUT2D eigenvalue weighted by atomic mass is 16.3. The summed E-state index contributed by atoms with van der Waals surface area (Å²) < 4.78 is 0. The third kappa shape index (κ3) is 2.20. The molecule has 4 amide bonds. The second-order valence-corrected chi connectivity index (χ2v) is 4.47. The Morgan fingerprint density at radius 2 is 1.65 bits per heavy atom. The molecule has 1 fully saturated rings. The van der Waals surface area contributed by atoms with E-state index in [2.05, 4.69) is 5.43 Å². The van der Waals surface area contributed by atoms with Gasteiger partial charge in [0.1, 0.15) is 0 Å². The van der Waals surface area contributed by atoms with Gasteiger partial charge in [-0.2, -0.15) is 0 Å². The fourth-order valence-corrected chi connectivity index (χ4v) is 1.78. The molecule has 7 nitrogen and oxygen atoms in total. The predicted octanol–water partition coefficient (Wildman–Crippen LogP) is 0.373. The maximum Gasteiger partial charge on any atom is 0.346 e. The van der Waals surface area contributed by atoms with E-state index in [1.54, 1.807) is 27.7 Å². The summed E-state index contributed by atoms with van der Waals surface area (Å²) >= 11 is 0. The maximum absolute atomic E-state index is 12.1. The van der Waals surface area contributed by atoms with Gasteiger partial charge in [0.15, 0.2) is 0 Å². The smallest absolute Gasteiger partial charge is 0.346 e. The lowest BCUT2D eigenvalue weighted by Gasteiger charge is -2.46. The molecular formula is C10H20N4O3. The van der Waals surface area contributed by atoms with Crippen molar-refractivity contribution in [2.45, 2.75) is 46.1 Å². The van der Waals surface area contributed by atoms with E-state index in [1.165, 1.54) is 11.9 Å². The van der Waals surface area contributed by atoms with Gasteiger partial charge in [-0.25, -0.2) is 24.9 Å². The molecule has 0 aromatic heterocycles. The quantitative estimate of drug-likeness (QED) is 0.752. The first-order chi connectivity index (χ1) is 7.82. The fraction of sp³-hybridized carbons (Fsp3) is 0.800. The second-order valence-electron chi connectivity index (χ2n) is 4.47. The molecule has 1 rings (SSSR count). The zero-order valence-electron chi connectivity index (χ0n) is 10.8. The summed E-state index contributed by atoms with van der Waals surface area (Å²) in [6, 6.07) is -1.49. The van der Waals surface area contributed by atoms with Crippen molar-refractivity contribution in [1.82, 2.24) is 20.2 Å². The summed E-state index contributed by atoms with van der Waals surface area (Å²) in [5.74, 6) is 0. The molecular weight excluding hydrogens is 224 g/mol. The Bertz CT molecular complexity index is 319. The second kappa shape index (κ2) is 4.89. The average molecular weight is 244 g/mol. The van der Waals surface area contributed by atoms with Gasteiger partial charge in [0.2, 0.25) is 6.35 Å². The van der Waals surface area contributed by atoms with Crippen LogP contribution in [-0.4, -0.2) is 57.5 Å². The Kier molecular flexibility index (Phi) is 3.94. The highest BCUT2D eigenvalue weighted by Gasteiger charge is 2.45. The van der Waals surface area contributed by atoms with E-state index in [-0.39, 0.29) is 12.1 Å². The van der Waals surface area contributed by atoms with Crippen LogP contribution in [0, 0.1) is 0 Å². The number of hydrazine groups is 1. The van der Waals surface area contributed by atoms with Crippen molar-refractivity contribution in [2.75, 3.05) is 7.05 Å². The van der Waals surface area contributed by atoms with Crippen LogP contribution < -0.4 is 5.43 Å². The monoisotopic (exact) mass is 244 g/mol. The van der Waals surface area contributed by atoms with Gasteiger partial charge in [-0.1, -0.05) is 0 Å². The van der Waals surface area contributed by atoms with Crippen LogP contribution in [-0.2, 0) is 0 Å². The highest BCUT2D eigenvalue weighted by molar-refractivity contribution is 5.96. The molecule has 0 spiro atoms. The number of carbonyl (C=O) groups excluding carboxylic acids is 2. The number of imide groups is 1. The average Bonchev–Trinajstić information content (AvgIpc) is 2.16. The molecule has 0 radical (unpaired) electrons. The van der Waals surface area contributed by atoms with E-state index < -0.39 is 18.4 Å². The lowest BCUT2D eigenvalue weighted by molar-refractivity contribution is -0.122. The lowest BCUT2D eigenvalue weighted by atomic mass is 10.3. The van der Waals surface area contributed by atoms with Crippen LogP contribution >= 0.6 is 0 Å². The van der Waals surface area contributed by atoms with Gasteiger partial charge in [-0.3, -0.25) is 4.90 Å². The largest absolute Gasteiger partial charge is 0.355 e. The summed E-state index contributed by atoms with van der Waals surface area (Å²) in [7, 11) is 1.52. The molecule has 1 saturated heterocycles. The summed E-state index contributed by atoms with van der Waals surface area (Å²) in [4.78, 5) is 26.4. The summed E-state index contributed by atoms with van der Waals surface area (Å²) in [6.45, 7) is 7.06. The minimum Gasteiger partial charge on any atom is -0.355 e. The van der Waals surface area contributed by atoms with Crippen molar-refractivity contribution in [3.05, 3.63) is 0 Å². The number of hydrogen-bond donors (Lipinski definition) is 2. The standard InChI is InChI=1S/C10H20N4O3/c1-6(2)12-8(15)13(7(3)4)10(17)14(11-5)9(12)16/h6-7,9,11,16H,1-5H3. The highest BCUT2D eigenvalue weighted by Crippen LogP contribution is 2.20. The number of amides is 4. The summed E-state index contributed by atoms with van der Waals surface area (Å²) in [5, 5.41) is 11.0. The Balaban J connectivity index is 3.12. The molecule has 1 aliphatic heterocycles. The number of carbonyl (C=O) groups is 2. The van der Waals surface area contributed by atoms with Gasteiger partial charge in [-0.15, -0.1) is 0 Å². The maximum atomic E-state index is 12.1. The van der Waals surface area contributed by atoms with Crippen molar-refractivity contribution >= 4 is 12.1 Å². The molecule has 0 aromatic rings. The van der Waals surface area contributed by atoms with Crippen molar-refractivity contribution < 1.29 is 14.7 Å². The van der Waals surface area contributed by atoms with Crippen LogP contribution in [0.1, 0.15) is 27.7 Å². The zero-order chi connectivity index (χ0) is 13.3. The van der Waals surface area contributed by atoms with Crippen LogP contribution in [0.3, 0.4) is 0 Å². The minimum atomic E-state index is -1.28. The topological polar surface area (TPSA) is 76.1 Å². The van der Waals surface area contributed by atoms with E-state index >= 15 is 0 Å². The van der Waals surface area contributed by atoms with Crippen LogP contribution in [0.2, 0.25) is 0 Å². The SMILES string of the molecule is CNN1C(=O)N(C(C)C)C(=O)N(C(C)C)C1O. The Hall–Kier alpha value is -1.34. The molecule has 0 aromatic carbocycles. The number of aliphatic hydroxyl groups is 1. The van der Waals surface area contributed by atoms with Crippen LogP contribution in [0.15, 0.2) is 0 Å². The third-order valence-electron chi connectivity index (χ3n) is 2.63. The molecule has 17 heavy (non-hydrogen) atoms. The first kappa shape index (κ1) is 13.7. The van der Waals surface area contributed by atoms with Crippen molar-refractivity contribution in [3.63, 3.8) is 0 Å². The van der Waals surface area contributed by atoms with Crippen molar-refractivity contribution in [2.24, 2.45) is 0 Å². The number of rotatable bonds is 3. The molecule has 98 valence electrons. The lowest BCUT2D eigenvalue weighted by Crippen LogP contribution is -2.71. The van der Waals surface area contributed by atoms with Crippen molar-refractivity contribution in [1.29, 1.82) is 0 Å². The molecule has 1 atom stereocenters. The predicted molar refractivity (Wildman–Crippen MR) is 61.6 cm³/mol. The summed E-state index contributed by atoms with van der Waals surface area (Å²) in [6.07, 6.45) is -1.28. The van der Waals surface area contributed by atoms with Gasteiger partial charge in [0.25, 0.3) is 0 Å². The number of hydrogen-bond acceptors (Lipinski definition) is 4. The van der Waals surface area contributed by atoms with E-state index in [9.17, 15) is 14.7 Å². The van der Waals surface area contributed by atoms with Gasteiger partial charge in [0.05, 0.1) is 0 Å². The number of aliphatic hydroxyl groups excluding tert-OH is 1. The van der Waals surface area contributed by atoms with Crippen LogP contribution in [0.5, 0.6) is 0 Å². The van der Waals surface area contributed by atoms with E-state index in [0.717, 1.165) is 9.91 Å². The summed E-state index contributed by atoms with van der Waals surface area (Å²) in [5.41, 5.74) is 2.59. The molecule has 2 N–H and O–H groups in total. The van der Waals surface area contributed by atoms with Gasteiger partial charge >= 0.3 is 12.1 Å². The Morgan fingerprint density at radius 1 is 1.12 bits per heavy atom. The molecule has 1 heterocycles. The molecule has 1 unspecified atom stereocenters. The first-order valence-electron chi connectivity index (χ1n) is 5.63. The molecule has 0 saturated carbocycles. The van der Waals surface area contributed by atoms with Gasteiger partial charge in [-0.05, 0) is 27.7 Å². The van der Waals surface area contributed by atoms with E-state index in [1.807, 2.05) is 0 Å². The normalized spacial score (nSPS) is 22.1. The van der Waals surface area contributed by atoms with Gasteiger partial charge in [0, 0.05) is 19.1 Å². The third-order valence-corrected chi connectivity index (χ3v) is 2.63. The molecule has 1 aliphatic rings. The zero-order valence-corrected chi connectivity index (χ0v) is 10.8. The molecule has 7 heteroatoms. The Labute approximate surface area is 101 Å². The van der Waals surface area contributed by atoms with E-state index in [4.69, 9.17) is 0 Å². The van der Waals surface area contributed by atoms with Crippen LogP contribution in [0.25, 0.3) is 0 Å². The number of nitrogens with one attached hydrogen (secondary N) is 1.